The molecule has 0 aliphatic heterocycles. The van der Waals surface area contributed by atoms with Crippen LogP contribution < -0.4 is 16.0 Å². The SMILES string of the molecule is CCOCC(C)NC(C)C(=O)NC(=O)NC. The molecule has 0 aliphatic carbocycles. The third-order valence-electron chi connectivity index (χ3n) is 1.96. The number of urea groups is 1. The second kappa shape index (κ2) is 8.06. The molecular weight excluding hydrogens is 210 g/mol. The van der Waals surface area contributed by atoms with E-state index < -0.39 is 12.1 Å². The Hall–Kier alpha value is -1.14. The van der Waals surface area contributed by atoms with Crippen LogP contribution in [0, 0.1) is 0 Å². The minimum Gasteiger partial charge on any atom is -0.380 e. The first-order chi connectivity index (χ1) is 7.51. The molecule has 3 N–H and O–H groups in total. The zero-order chi connectivity index (χ0) is 12.6. The molecule has 16 heavy (non-hydrogen) atoms. The van der Waals surface area contributed by atoms with Gasteiger partial charge in [0.1, 0.15) is 0 Å². The molecule has 0 heterocycles. The second-order valence-corrected chi connectivity index (χ2v) is 3.52. The Labute approximate surface area is 96.1 Å². The van der Waals surface area contributed by atoms with Crippen LogP contribution in [0.5, 0.6) is 0 Å². The van der Waals surface area contributed by atoms with Crippen molar-refractivity contribution < 1.29 is 14.3 Å². The molecule has 0 saturated carbocycles. The van der Waals surface area contributed by atoms with E-state index in [4.69, 9.17) is 4.74 Å². The smallest absolute Gasteiger partial charge is 0.321 e. The molecule has 2 unspecified atom stereocenters. The van der Waals surface area contributed by atoms with Crippen molar-refractivity contribution in [3.05, 3.63) is 0 Å². The monoisotopic (exact) mass is 231 g/mol. The quantitative estimate of drug-likeness (QED) is 0.593. The molecule has 94 valence electrons. The highest BCUT2D eigenvalue weighted by Gasteiger charge is 2.16. The van der Waals surface area contributed by atoms with Gasteiger partial charge in [-0.05, 0) is 20.8 Å². The lowest BCUT2D eigenvalue weighted by Gasteiger charge is -2.18. The number of hydrogen-bond donors (Lipinski definition) is 3. The van der Waals surface area contributed by atoms with Crippen molar-refractivity contribution in [2.75, 3.05) is 20.3 Å². The Morgan fingerprint density at radius 2 is 1.94 bits per heavy atom. The molecule has 0 aliphatic rings. The Bertz CT molecular complexity index is 233. The van der Waals surface area contributed by atoms with E-state index in [0.29, 0.717) is 13.2 Å². The molecule has 2 atom stereocenters. The Morgan fingerprint density at radius 3 is 2.44 bits per heavy atom. The van der Waals surface area contributed by atoms with E-state index >= 15 is 0 Å². The highest BCUT2D eigenvalue weighted by atomic mass is 16.5. The molecule has 6 heteroatoms. The fourth-order valence-corrected chi connectivity index (χ4v) is 1.13. The van der Waals surface area contributed by atoms with Crippen molar-refractivity contribution in [1.29, 1.82) is 0 Å². The van der Waals surface area contributed by atoms with Gasteiger partial charge < -0.3 is 15.4 Å². The maximum absolute atomic E-state index is 11.4. The van der Waals surface area contributed by atoms with Crippen molar-refractivity contribution in [1.82, 2.24) is 16.0 Å². The van der Waals surface area contributed by atoms with Gasteiger partial charge in [-0.15, -0.1) is 0 Å². The maximum atomic E-state index is 11.4. The second-order valence-electron chi connectivity index (χ2n) is 3.52. The summed E-state index contributed by atoms with van der Waals surface area (Å²) in [5, 5.41) is 7.54. The van der Waals surface area contributed by atoms with Gasteiger partial charge in [-0.1, -0.05) is 0 Å². The summed E-state index contributed by atoms with van der Waals surface area (Å²) in [4.78, 5) is 22.3. The predicted molar refractivity (Wildman–Crippen MR) is 61.2 cm³/mol. The van der Waals surface area contributed by atoms with Crippen LogP contribution in [0.4, 0.5) is 4.79 Å². The van der Waals surface area contributed by atoms with Crippen molar-refractivity contribution in [2.24, 2.45) is 0 Å². The normalized spacial score (nSPS) is 14.0. The molecule has 0 aromatic rings. The summed E-state index contributed by atoms with van der Waals surface area (Å²) in [7, 11) is 1.46. The van der Waals surface area contributed by atoms with Crippen molar-refractivity contribution in [3.63, 3.8) is 0 Å². The van der Waals surface area contributed by atoms with Gasteiger partial charge in [0, 0.05) is 19.7 Å². The molecule has 0 aromatic heterocycles. The van der Waals surface area contributed by atoms with Crippen LogP contribution in [0.15, 0.2) is 0 Å². The number of ether oxygens (including phenoxy) is 1. The van der Waals surface area contributed by atoms with E-state index in [-0.39, 0.29) is 11.9 Å². The van der Waals surface area contributed by atoms with E-state index in [1.165, 1.54) is 7.05 Å². The largest absolute Gasteiger partial charge is 0.380 e. The highest BCUT2D eigenvalue weighted by Crippen LogP contribution is 1.89. The number of rotatable bonds is 6. The van der Waals surface area contributed by atoms with E-state index in [1.54, 1.807) is 6.92 Å². The third kappa shape index (κ3) is 6.36. The summed E-state index contributed by atoms with van der Waals surface area (Å²) in [5.41, 5.74) is 0. The minimum atomic E-state index is -0.504. The van der Waals surface area contributed by atoms with Gasteiger partial charge in [0.2, 0.25) is 5.91 Å². The first-order valence-electron chi connectivity index (χ1n) is 5.37. The average Bonchev–Trinajstić information content (AvgIpc) is 2.25. The summed E-state index contributed by atoms with van der Waals surface area (Å²) in [6.07, 6.45) is 0. The molecule has 6 nitrogen and oxygen atoms in total. The molecule has 3 amide bonds. The molecule has 0 radical (unpaired) electrons. The van der Waals surface area contributed by atoms with Crippen LogP contribution in [0.1, 0.15) is 20.8 Å². The van der Waals surface area contributed by atoms with Crippen molar-refractivity contribution in [3.8, 4) is 0 Å². The summed E-state index contributed by atoms with van der Waals surface area (Å²) in [6.45, 7) is 6.70. The first kappa shape index (κ1) is 14.9. The van der Waals surface area contributed by atoms with Gasteiger partial charge in [-0.2, -0.15) is 0 Å². The zero-order valence-corrected chi connectivity index (χ0v) is 10.3. The van der Waals surface area contributed by atoms with E-state index in [2.05, 4.69) is 16.0 Å². The first-order valence-corrected chi connectivity index (χ1v) is 5.37. The van der Waals surface area contributed by atoms with Crippen molar-refractivity contribution >= 4 is 11.9 Å². The molecule has 0 spiro atoms. The van der Waals surface area contributed by atoms with Crippen LogP contribution in [0.3, 0.4) is 0 Å². The maximum Gasteiger partial charge on any atom is 0.321 e. The summed E-state index contributed by atoms with van der Waals surface area (Å²) in [5.74, 6) is -0.359. The fraction of sp³-hybridized carbons (Fsp3) is 0.800. The molecule has 0 bridgehead atoms. The van der Waals surface area contributed by atoms with E-state index in [9.17, 15) is 9.59 Å². The average molecular weight is 231 g/mol. The Morgan fingerprint density at radius 1 is 1.31 bits per heavy atom. The van der Waals surface area contributed by atoms with Gasteiger partial charge in [-0.25, -0.2) is 4.79 Å². The lowest BCUT2D eigenvalue weighted by atomic mass is 10.2. The molecule has 0 saturated heterocycles. The topological polar surface area (TPSA) is 79.5 Å². The number of carbonyl (C=O) groups excluding carboxylic acids is 2. The van der Waals surface area contributed by atoms with Gasteiger partial charge in [0.25, 0.3) is 0 Å². The van der Waals surface area contributed by atoms with Gasteiger partial charge in [0.05, 0.1) is 12.6 Å². The van der Waals surface area contributed by atoms with E-state index in [1.807, 2.05) is 13.8 Å². The highest BCUT2D eigenvalue weighted by molar-refractivity contribution is 5.96. The van der Waals surface area contributed by atoms with E-state index in [0.717, 1.165) is 0 Å². The van der Waals surface area contributed by atoms with Crippen LogP contribution in [-0.4, -0.2) is 44.3 Å². The van der Waals surface area contributed by atoms with Crippen LogP contribution in [0.25, 0.3) is 0 Å². The van der Waals surface area contributed by atoms with Crippen molar-refractivity contribution in [2.45, 2.75) is 32.9 Å². The lowest BCUT2D eigenvalue weighted by molar-refractivity contribution is -0.121. The standard InChI is InChI=1S/C10H21N3O3/c1-5-16-6-7(2)12-8(3)9(14)13-10(15)11-4/h7-8,12H,5-6H2,1-4H3,(H2,11,13,14,15). The van der Waals surface area contributed by atoms with Crippen LogP contribution in [0.2, 0.25) is 0 Å². The summed E-state index contributed by atoms with van der Waals surface area (Å²) >= 11 is 0. The summed E-state index contributed by atoms with van der Waals surface area (Å²) < 4.78 is 5.20. The molecular formula is C10H21N3O3. The molecule has 0 rings (SSSR count). The van der Waals surface area contributed by atoms with Gasteiger partial charge >= 0.3 is 6.03 Å². The number of amides is 3. The Kier molecular flexibility index (Phi) is 7.49. The minimum absolute atomic E-state index is 0.0605. The van der Waals surface area contributed by atoms with Crippen LogP contribution >= 0.6 is 0 Å². The lowest BCUT2D eigenvalue weighted by Crippen LogP contribution is -2.50. The van der Waals surface area contributed by atoms with Crippen LogP contribution in [-0.2, 0) is 9.53 Å². The number of nitrogens with one attached hydrogen (secondary N) is 3. The molecule has 0 aromatic carbocycles. The Balaban J connectivity index is 3.90. The zero-order valence-electron chi connectivity index (χ0n) is 10.3. The molecule has 0 fully saturated rings. The fourth-order valence-electron chi connectivity index (χ4n) is 1.13. The summed E-state index contributed by atoms with van der Waals surface area (Å²) in [6, 6.07) is -0.880. The van der Waals surface area contributed by atoms with Gasteiger partial charge in [0.15, 0.2) is 0 Å². The number of hydrogen-bond acceptors (Lipinski definition) is 4. The number of imide groups is 1. The van der Waals surface area contributed by atoms with Gasteiger partial charge in [-0.3, -0.25) is 10.1 Å². The number of carbonyl (C=O) groups is 2. The third-order valence-corrected chi connectivity index (χ3v) is 1.96. The predicted octanol–water partition coefficient (Wildman–Crippen LogP) is -0.155.